The molecule has 0 heterocycles. The van der Waals surface area contributed by atoms with Crippen LogP contribution in [-0.4, -0.2) is 20.0 Å². The van der Waals surface area contributed by atoms with Gasteiger partial charge in [0.2, 0.25) is 5.75 Å². The molecule has 0 saturated heterocycles. The van der Waals surface area contributed by atoms with E-state index in [9.17, 15) is 4.79 Å². The van der Waals surface area contributed by atoms with Gasteiger partial charge in [-0.1, -0.05) is 59.1 Å². The SMILES string of the molecule is CCCCCCOc1c(OC)cc(C=O)cc1Oc1ccc(C(C)(C)C)cc1. The molecule has 0 fully saturated rings. The predicted octanol–water partition coefficient (Wildman–Crippen LogP) is 6.56. The summed E-state index contributed by atoms with van der Waals surface area (Å²) in [5.41, 5.74) is 1.79. The van der Waals surface area contributed by atoms with E-state index >= 15 is 0 Å². The lowest BCUT2D eigenvalue weighted by Crippen LogP contribution is -2.10. The van der Waals surface area contributed by atoms with Crippen LogP contribution in [0.1, 0.15) is 69.3 Å². The Bertz CT molecular complexity index is 757. The molecule has 0 atom stereocenters. The number of carbonyl (C=O) groups is 1. The summed E-state index contributed by atoms with van der Waals surface area (Å²) in [4.78, 5) is 11.3. The molecule has 4 heteroatoms. The average Bonchev–Trinajstić information content (AvgIpc) is 2.68. The fourth-order valence-corrected chi connectivity index (χ4v) is 2.89. The van der Waals surface area contributed by atoms with E-state index in [1.165, 1.54) is 18.4 Å². The normalized spacial score (nSPS) is 11.2. The first-order valence-corrected chi connectivity index (χ1v) is 9.97. The van der Waals surface area contributed by atoms with E-state index in [1.54, 1.807) is 19.2 Å². The third-order valence-electron chi connectivity index (χ3n) is 4.59. The van der Waals surface area contributed by atoms with Crippen molar-refractivity contribution in [1.29, 1.82) is 0 Å². The van der Waals surface area contributed by atoms with Crippen molar-refractivity contribution in [2.75, 3.05) is 13.7 Å². The van der Waals surface area contributed by atoms with Crippen LogP contribution in [0.3, 0.4) is 0 Å². The zero-order valence-electron chi connectivity index (χ0n) is 17.7. The van der Waals surface area contributed by atoms with Crippen molar-refractivity contribution in [1.82, 2.24) is 0 Å². The second kappa shape index (κ2) is 10.2. The van der Waals surface area contributed by atoms with Crippen LogP contribution in [0.5, 0.6) is 23.0 Å². The van der Waals surface area contributed by atoms with Crippen LogP contribution in [-0.2, 0) is 5.41 Å². The molecular formula is C24H32O4. The molecule has 0 radical (unpaired) electrons. The highest BCUT2D eigenvalue weighted by Crippen LogP contribution is 2.41. The van der Waals surface area contributed by atoms with E-state index < -0.39 is 0 Å². The van der Waals surface area contributed by atoms with E-state index in [2.05, 4.69) is 39.8 Å². The van der Waals surface area contributed by atoms with Crippen LogP contribution < -0.4 is 14.2 Å². The van der Waals surface area contributed by atoms with Gasteiger partial charge in [0.15, 0.2) is 11.5 Å². The molecule has 0 spiro atoms. The summed E-state index contributed by atoms with van der Waals surface area (Å²) >= 11 is 0. The van der Waals surface area contributed by atoms with Crippen LogP contribution in [0, 0.1) is 0 Å². The highest BCUT2D eigenvalue weighted by atomic mass is 16.5. The monoisotopic (exact) mass is 384 g/mol. The number of hydrogen-bond acceptors (Lipinski definition) is 4. The minimum absolute atomic E-state index is 0.0753. The molecule has 0 aliphatic heterocycles. The number of benzene rings is 2. The lowest BCUT2D eigenvalue weighted by Gasteiger charge is -2.20. The molecule has 0 N–H and O–H groups in total. The minimum Gasteiger partial charge on any atom is -0.493 e. The summed E-state index contributed by atoms with van der Waals surface area (Å²) in [6.45, 7) is 9.28. The van der Waals surface area contributed by atoms with Gasteiger partial charge >= 0.3 is 0 Å². The Morgan fingerprint density at radius 3 is 2.21 bits per heavy atom. The number of carbonyl (C=O) groups excluding carboxylic acids is 1. The van der Waals surface area contributed by atoms with Gasteiger partial charge in [0, 0.05) is 5.56 Å². The highest BCUT2D eigenvalue weighted by Gasteiger charge is 2.17. The minimum atomic E-state index is 0.0753. The first-order chi connectivity index (χ1) is 13.4. The van der Waals surface area contributed by atoms with Gasteiger partial charge in [-0.15, -0.1) is 0 Å². The maximum atomic E-state index is 11.3. The van der Waals surface area contributed by atoms with Gasteiger partial charge in [-0.25, -0.2) is 0 Å². The first-order valence-electron chi connectivity index (χ1n) is 9.97. The quantitative estimate of drug-likeness (QED) is 0.344. The molecular weight excluding hydrogens is 352 g/mol. The standard InChI is InChI=1S/C24H32O4/c1-6-7-8-9-14-27-23-21(26-5)15-18(17-25)16-22(23)28-20-12-10-19(11-13-20)24(2,3)4/h10-13,15-17H,6-9,14H2,1-5H3. The van der Waals surface area contributed by atoms with E-state index in [-0.39, 0.29) is 5.41 Å². The van der Waals surface area contributed by atoms with Gasteiger partial charge in [0.25, 0.3) is 0 Å². The number of methoxy groups -OCH3 is 1. The van der Waals surface area contributed by atoms with Crippen molar-refractivity contribution in [3.63, 3.8) is 0 Å². The van der Waals surface area contributed by atoms with E-state index in [4.69, 9.17) is 14.2 Å². The predicted molar refractivity (Wildman–Crippen MR) is 113 cm³/mol. The Balaban J connectivity index is 2.25. The Hall–Kier alpha value is -2.49. The Morgan fingerprint density at radius 1 is 0.964 bits per heavy atom. The summed E-state index contributed by atoms with van der Waals surface area (Å²) in [5, 5.41) is 0. The van der Waals surface area contributed by atoms with Crippen LogP contribution >= 0.6 is 0 Å². The second-order valence-electron chi connectivity index (χ2n) is 7.95. The lowest BCUT2D eigenvalue weighted by atomic mass is 9.87. The number of hydrogen-bond donors (Lipinski definition) is 0. The Kier molecular flexibility index (Phi) is 7.91. The molecule has 2 aromatic rings. The van der Waals surface area contributed by atoms with E-state index in [0.717, 1.165) is 19.1 Å². The molecule has 0 aliphatic carbocycles. The molecule has 0 aliphatic rings. The van der Waals surface area contributed by atoms with Crippen LogP contribution in [0.2, 0.25) is 0 Å². The molecule has 0 unspecified atom stereocenters. The van der Waals surface area contributed by atoms with Gasteiger partial charge in [-0.2, -0.15) is 0 Å². The molecule has 2 rings (SSSR count). The van der Waals surface area contributed by atoms with Crippen LogP contribution in [0.25, 0.3) is 0 Å². The Morgan fingerprint density at radius 2 is 1.64 bits per heavy atom. The van der Waals surface area contributed by atoms with Crippen molar-refractivity contribution in [2.45, 2.75) is 58.8 Å². The molecule has 28 heavy (non-hydrogen) atoms. The van der Waals surface area contributed by atoms with Crippen LogP contribution in [0.4, 0.5) is 0 Å². The lowest BCUT2D eigenvalue weighted by molar-refractivity contribution is 0.112. The highest BCUT2D eigenvalue weighted by molar-refractivity contribution is 5.78. The number of unbranched alkanes of at least 4 members (excludes halogenated alkanes) is 3. The molecule has 4 nitrogen and oxygen atoms in total. The maximum absolute atomic E-state index is 11.3. The molecule has 2 aromatic carbocycles. The summed E-state index contributed by atoms with van der Waals surface area (Å²) in [6, 6.07) is 11.3. The number of rotatable bonds is 10. The molecule has 152 valence electrons. The van der Waals surface area contributed by atoms with Gasteiger partial charge in [-0.3, -0.25) is 4.79 Å². The molecule has 0 amide bonds. The molecule has 0 saturated carbocycles. The van der Waals surface area contributed by atoms with Crippen molar-refractivity contribution in [3.05, 3.63) is 47.5 Å². The van der Waals surface area contributed by atoms with Gasteiger partial charge in [0.05, 0.1) is 13.7 Å². The topological polar surface area (TPSA) is 44.8 Å². The average molecular weight is 385 g/mol. The zero-order chi connectivity index (χ0) is 20.6. The summed E-state index contributed by atoms with van der Waals surface area (Å²) in [5.74, 6) is 2.21. The summed E-state index contributed by atoms with van der Waals surface area (Å²) in [7, 11) is 1.57. The third kappa shape index (κ3) is 6.01. The fraction of sp³-hybridized carbons (Fsp3) is 0.458. The fourth-order valence-electron chi connectivity index (χ4n) is 2.89. The third-order valence-corrected chi connectivity index (χ3v) is 4.59. The molecule has 0 bridgehead atoms. The van der Waals surface area contributed by atoms with Crippen LogP contribution in [0.15, 0.2) is 36.4 Å². The Labute approximate surface area is 168 Å². The van der Waals surface area contributed by atoms with Crippen molar-refractivity contribution >= 4 is 6.29 Å². The van der Waals surface area contributed by atoms with Gasteiger partial charge < -0.3 is 14.2 Å². The van der Waals surface area contributed by atoms with E-state index in [0.29, 0.717) is 35.2 Å². The summed E-state index contributed by atoms with van der Waals surface area (Å²) in [6.07, 6.45) is 5.23. The summed E-state index contributed by atoms with van der Waals surface area (Å²) < 4.78 is 17.5. The van der Waals surface area contributed by atoms with Crippen molar-refractivity contribution in [3.8, 4) is 23.0 Å². The van der Waals surface area contributed by atoms with Gasteiger partial charge in [0.1, 0.15) is 12.0 Å². The van der Waals surface area contributed by atoms with E-state index in [1.807, 2.05) is 12.1 Å². The second-order valence-corrected chi connectivity index (χ2v) is 7.95. The first kappa shape index (κ1) is 21.8. The van der Waals surface area contributed by atoms with Crippen molar-refractivity contribution in [2.24, 2.45) is 0 Å². The maximum Gasteiger partial charge on any atom is 0.204 e. The number of ether oxygens (including phenoxy) is 3. The molecule has 0 aromatic heterocycles. The zero-order valence-corrected chi connectivity index (χ0v) is 17.7. The van der Waals surface area contributed by atoms with Gasteiger partial charge in [-0.05, 0) is 41.7 Å². The number of aldehydes is 1. The largest absolute Gasteiger partial charge is 0.493 e. The smallest absolute Gasteiger partial charge is 0.204 e. The van der Waals surface area contributed by atoms with Crippen molar-refractivity contribution < 1.29 is 19.0 Å².